The molecule has 0 saturated carbocycles. The number of allylic oxidation sites excluding steroid dienone is 2. The number of esters is 1. The highest BCUT2D eigenvalue weighted by Crippen LogP contribution is 2.39. The van der Waals surface area contributed by atoms with Crippen molar-refractivity contribution in [2.24, 2.45) is 0 Å². The quantitative estimate of drug-likeness (QED) is 0.206. The molecule has 1 heterocycles. The van der Waals surface area contributed by atoms with Crippen LogP contribution in [0.5, 0.6) is 0 Å². The molecule has 0 aromatic heterocycles. The monoisotopic (exact) mass is 561 g/mol. The minimum atomic E-state index is -1.12. The van der Waals surface area contributed by atoms with Crippen LogP contribution in [0.4, 0.5) is 0 Å². The molecular formula is C32H32ClNO6. The normalized spacial score (nSPS) is 15.2. The Morgan fingerprint density at radius 2 is 1.43 bits per heavy atom. The number of halogens is 1. The Bertz CT molecular complexity index is 1350. The van der Waals surface area contributed by atoms with Crippen LogP contribution in [0.1, 0.15) is 42.6 Å². The third kappa shape index (κ3) is 7.18. The summed E-state index contributed by atoms with van der Waals surface area (Å²) >= 11 is 6.19. The summed E-state index contributed by atoms with van der Waals surface area (Å²) in [5, 5.41) is 13.4. The number of hydrogen-bond acceptors (Lipinski definition) is 6. The zero-order valence-corrected chi connectivity index (χ0v) is 23.2. The first kappa shape index (κ1) is 29.1. The van der Waals surface area contributed by atoms with E-state index in [4.69, 9.17) is 25.8 Å². The first-order valence-electron chi connectivity index (χ1n) is 13.0. The molecule has 0 amide bonds. The highest BCUT2D eigenvalue weighted by Gasteiger charge is 2.37. The number of carbonyl (C=O) groups is 2. The Labute approximate surface area is 239 Å². The SMILES string of the molecule is CC1=C(C(=O)O)C(c2cccc(Cl)c2)C(C(=O)OCCOCCOC(c2ccccc2)c2ccccc2)=C(C)N1. The fourth-order valence-electron chi connectivity index (χ4n) is 4.81. The standard InChI is InChI=1S/C32H32ClNO6/c1-21-27(31(35)36)29(25-14-9-15-26(33)20-25)28(22(2)34-21)32(37)40-19-17-38-16-18-39-30(23-10-5-3-6-11-23)24-12-7-4-8-13-24/h3-15,20,29-30,34H,16-19H2,1-2H3,(H,35,36). The summed E-state index contributed by atoms with van der Waals surface area (Å²) < 4.78 is 17.3. The second-order valence-electron chi connectivity index (χ2n) is 9.32. The first-order chi connectivity index (χ1) is 19.4. The van der Waals surface area contributed by atoms with Gasteiger partial charge in [0.25, 0.3) is 0 Å². The molecule has 0 radical (unpaired) electrons. The number of carboxylic acids is 1. The van der Waals surface area contributed by atoms with Crippen LogP contribution in [-0.4, -0.2) is 43.5 Å². The molecule has 7 nitrogen and oxygen atoms in total. The predicted molar refractivity (Wildman–Crippen MR) is 153 cm³/mol. The van der Waals surface area contributed by atoms with E-state index in [-0.39, 0.29) is 30.5 Å². The lowest BCUT2D eigenvalue weighted by Gasteiger charge is -2.29. The van der Waals surface area contributed by atoms with E-state index in [0.29, 0.717) is 35.2 Å². The van der Waals surface area contributed by atoms with Gasteiger partial charge in [0.2, 0.25) is 0 Å². The van der Waals surface area contributed by atoms with Crippen molar-refractivity contribution in [2.45, 2.75) is 25.9 Å². The van der Waals surface area contributed by atoms with Gasteiger partial charge in [0.15, 0.2) is 0 Å². The van der Waals surface area contributed by atoms with Crippen molar-refractivity contribution < 1.29 is 28.9 Å². The zero-order valence-electron chi connectivity index (χ0n) is 22.4. The van der Waals surface area contributed by atoms with Gasteiger partial charge in [0, 0.05) is 16.4 Å². The molecule has 8 heteroatoms. The summed E-state index contributed by atoms with van der Waals surface area (Å²) in [6.07, 6.45) is -0.221. The number of nitrogens with one attached hydrogen (secondary N) is 1. The predicted octanol–water partition coefficient (Wildman–Crippen LogP) is 6.03. The molecule has 208 valence electrons. The van der Waals surface area contributed by atoms with E-state index < -0.39 is 17.9 Å². The van der Waals surface area contributed by atoms with Crippen molar-refractivity contribution in [1.82, 2.24) is 5.32 Å². The number of ether oxygens (including phenoxy) is 3. The minimum Gasteiger partial charge on any atom is -0.478 e. The number of dihydropyridines is 1. The van der Waals surface area contributed by atoms with Gasteiger partial charge in [0.05, 0.1) is 36.9 Å². The fourth-order valence-corrected chi connectivity index (χ4v) is 5.00. The van der Waals surface area contributed by atoms with Crippen LogP contribution in [0.15, 0.2) is 107 Å². The summed E-state index contributed by atoms with van der Waals surface area (Å²) in [6.45, 7) is 4.22. The van der Waals surface area contributed by atoms with Crippen LogP contribution in [0, 0.1) is 0 Å². The second kappa shape index (κ2) is 13.9. The molecule has 0 bridgehead atoms. The molecule has 2 N–H and O–H groups in total. The number of aliphatic carboxylic acids is 1. The molecule has 1 aliphatic heterocycles. The van der Waals surface area contributed by atoms with Crippen LogP contribution in [0.3, 0.4) is 0 Å². The van der Waals surface area contributed by atoms with Crippen LogP contribution in [0.2, 0.25) is 5.02 Å². The molecule has 0 aliphatic carbocycles. The van der Waals surface area contributed by atoms with Gasteiger partial charge in [-0.2, -0.15) is 0 Å². The Balaban J connectivity index is 1.33. The maximum Gasteiger partial charge on any atom is 0.336 e. The Hall–Kier alpha value is -3.91. The van der Waals surface area contributed by atoms with Gasteiger partial charge in [-0.15, -0.1) is 0 Å². The molecule has 1 unspecified atom stereocenters. The van der Waals surface area contributed by atoms with Gasteiger partial charge in [-0.25, -0.2) is 9.59 Å². The minimum absolute atomic E-state index is 0.00375. The van der Waals surface area contributed by atoms with E-state index in [1.807, 2.05) is 60.7 Å². The van der Waals surface area contributed by atoms with Gasteiger partial charge in [-0.05, 0) is 42.7 Å². The largest absolute Gasteiger partial charge is 0.478 e. The van der Waals surface area contributed by atoms with Crippen molar-refractivity contribution in [2.75, 3.05) is 26.4 Å². The number of rotatable bonds is 12. The number of benzene rings is 3. The van der Waals surface area contributed by atoms with E-state index in [9.17, 15) is 14.7 Å². The lowest BCUT2D eigenvalue weighted by Crippen LogP contribution is -2.32. The Kier molecular flexibility index (Phi) is 10.1. The zero-order chi connectivity index (χ0) is 28.5. The summed E-state index contributed by atoms with van der Waals surface area (Å²) in [4.78, 5) is 25.4. The highest BCUT2D eigenvalue weighted by atomic mass is 35.5. The lowest BCUT2D eigenvalue weighted by molar-refractivity contribution is -0.141. The molecule has 0 saturated heterocycles. The summed E-state index contributed by atoms with van der Waals surface area (Å²) in [6, 6.07) is 26.8. The smallest absolute Gasteiger partial charge is 0.336 e. The van der Waals surface area contributed by atoms with Gasteiger partial charge >= 0.3 is 11.9 Å². The van der Waals surface area contributed by atoms with E-state index in [2.05, 4.69) is 5.32 Å². The third-order valence-electron chi connectivity index (χ3n) is 6.57. The molecule has 0 spiro atoms. The Morgan fingerprint density at radius 1 is 0.825 bits per heavy atom. The average molecular weight is 562 g/mol. The summed E-state index contributed by atoms with van der Waals surface area (Å²) in [5.41, 5.74) is 3.97. The maximum absolute atomic E-state index is 13.2. The summed E-state index contributed by atoms with van der Waals surface area (Å²) in [7, 11) is 0. The van der Waals surface area contributed by atoms with Crippen LogP contribution < -0.4 is 5.32 Å². The maximum atomic E-state index is 13.2. The van der Waals surface area contributed by atoms with Crippen molar-refractivity contribution in [3.63, 3.8) is 0 Å². The van der Waals surface area contributed by atoms with Crippen LogP contribution in [0.25, 0.3) is 0 Å². The average Bonchev–Trinajstić information content (AvgIpc) is 2.94. The first-order valence-corrected chi connectivity index (χ1v) is 13.4. The van der Waals surface area contributed by atoms with Crippen LogP contribution in [-0.2, 0) is 23.8 Å². The second-order valence-corrected chi connectivity index (χ2v) is 9.75. The molecular weight excluding hydrogens is 530 g/mol. The number of hydrogen-bond donors (Lipinski definition) is 2. The van der Waals surface area contributed by atoms with E-state index >= 15 is 0 Å². The van der Waals surface area contributed by atoms with Gasteiger partial charge < -0.3 is 24.6 Å². The van der Waals surface area contributed by atoms with Gasteiger partial charge in [-0.3, -0.25) is 0 Å². The third-order valence-corrected chi connectivity index (χ3v) is 6.81. The summed E-state index contributed by atoms with van der Waals surface area (Å²) in [5.74, 6) is -2.57. The fraction of sp³-hybridized carbons (Fsp3) is 0.250. The Morgan fingerprint density at radius 3 is 2.02 bits per heavy atom. The van der Waals surface area contributed by atoms with Crippen LogP contribution >= 0.6 is 11.6 Å². The lowest BCUT2D eigenvalue weighted by atomic mass is 9.80. The molecule has 3 aromatic rings. The molecule has 4 rings (SSSR count). The topological polar surface area (TPSA) is 94.1 Å². The highest BCUT2D eigenvalue weighted by molar-refractivity contribution is 6.30. The number of carboxylic acid groups (broad SMARTS) is 1. The molecule has 1 aliphatic rings. The van der Waals surface area contributed by atoms with E-state index in [1.54, 1.807) is 38.1 Å². The number of carbonyl (C=O) groups excluding carboxylic acids is 1. The molecule has 0 fully saturated rings. The van der Waals surface area contributed by atoms with E-state index in [1.165, 1.54) is 0 Å². The molecule has 3 aromatic carbocycles. The van der Waals surface area contributed by atoms with Crippen molar-refractivity contribution in [3.05, 3.63) is 129 Å². The van der Waals surface area contributed by atoms with Crippen molar-refractivity contribution in [3.8, 4) is 0 Å². The van der Waals surface area contributed by atoms with Crippen molar-refractivity contribution >= 4 is 23.5 Å². The molecule has 1 atom stereocenters. The van der Waals surface area contributed by atoms with Gasteiger partial charge in [-0.1, -0.05) is 84.4 Å². The van der Waals surface area contributed by atoms with Gasteiger partial charge in [0.1, 0.15) is 12.7 Å². The van der Waals surface area contributed by atoms with Crippen molar-refractivity contribution in [1.29, 1.82) is 0 Å². The van der Waals surface area contributed by atoms with E-state index in [0.717, 1.165) is 11.1 Å². The molecule has 40 heavy (non-hydrogen) atoms.